The summed E-state index contributed by atoms with van der Waals surface area (Å²) >= 11 is 1.27. The Hall–Kier alpha value is -1.68. The summed E-state index contributed by atoms with van der Waals surface area (Å²) in [5.41, 5.74) is 5.53. The minimum Gasteiger partial charge on any atom is -0.339 e. The van der Waals surface area contributed by atoms with Gasteiger partial charge in [0.15, 0.2) is 0 Å². The lowest BCUT2D eigenvalue weighted by molar-refractivity contribution is -0.157. The molecule has 2 heterocycles. The second-order valence-corrected chi connectivity index (χ2v) is 5.80. The van der Waals surface area contributed by atoms with Gasteiger partial charge < -0.3 is 16.0 Å². The molecule has 0 bridgehead atoms. The molecule has 1 unspecified atom stereocenters. The van der Waals surface area contributed by atoms with E-state index in [0.29, 0.717) is 22.9 Å². The maximum Gasteiger partial charge on any atom is 0.406 e. The molecule has 122 valence electrons. The number of aromatic nitrogens is 1. The van der Waals surface area contributed by atoms with Gasteiger partial charge in [-0.15, -0.1) is 11.3 Å². The van der Waals surface area contributed by atoms with Crippen LogP contribution in [0.3, 0.4) is 0 Å². The molecule has 22 heavy (non-hydrogen) atoms. The Labute approximate surface area is 128 Å². The van der Waals surface area contributed by atoms with Crippen LogP contribution in [0.2, 0.25) is 0 Å². The van der Waals surface area contributed by atoms with Crippen LogP contribution in [0.4, 0.5) is 13.2 Å². The van der Waals surface area contributed by atoms with Crippen molar-refractivity contribution < 1.29 is 22.8 Å². The molecule has 1 aromatic heterocycles. The monoisotopic (exact) mass is 336 g/mol. The van der Waals surface area contributed by atoms with Crippen LogP contribution in [0.15, 0.2) is 5.38 Å². The summed E-state index contributed by atoms with van der Waals surface area (Å²) in [4.78, 5) is 28.6. The fourth-order valence-electron chi connectivity index (χ4n) is 2.13. The van der Waals surface area contributed by atoms with Gasteiger partial charge in [-0.1, -0.05) is 0 Å². The highest BCUT2D eigenvalue weighted by molar-refractivity contribution is 7.09. The Balaban J connectivity index is 1.93. The second kappa shape index (κ2) is 6.61. The van der Waals surface area contributed by atoms with Crippen LogP contribution >= 0.6 is 11.3 Å². The largest absolute Gasteiger partial charge is 0.406 e. The van der Waals surface area contributed by atoms with Gasteiger partial charge in [-0.25, -0.2) is 4.98 Å². The average Bonchev–Trinajstić information content (AvgIpc) is 2.99. The van der Waals surface area contributed by atoms with Crippen molar-refractivity contribution in [3.63, 3.8) is 0 Å². The highest BCUT2D eigenvalue weighted by atomic mass is 32.1. The van der Waals surface area contributed by atoms with E-state index in [4.69, 9.17) is 5.73 Å². The summed E-state index contributed by atoms with van der Waals surface area (Å²) in [7, 11) is 0. The van der Waals surface area contributed by atoms with Crippen molar-refractivity contribution in [3.05, 3.63) is 16.1 Å². The van der Waals surface area contributed by atoms with E-state index < -0.39 is 30.6 Å². The molecular weight excluding hydrogens is 321 g/mol. The van der Waals surface area contributed by atoms with Crippen molar-refractivity contribution >= 4 is 23.2 Å². The molecule has 2 rings (SSSR count). The van der Waals surface area contributed by atoms with Gasteiger partial charge >= 0.3 is 6.18 Å². The third-order valence-electron chi connectivity index (χ3n) is 3.12. The van der Waals surface area contributed by atoms with E-state index in [1.807, 2.05) is 0 Å². The number of likely N-dealkylation sites (tertiary alicyclic amines) is 1. The maximum atomic E-state index is 12.3. The zero-order valence-corrected chi connectivity index (χ0v) is 12.3. The minimum atomic E-state index is -4.44. The first-order valence-corrected chi connectivity index (χ1v) is 7.49. The van der Waals surface area contributed by atoms with E-state index in [1.54, 1.807) is 0 Å². The molecule has 2 amide bonds. The molecule has 1 saturated heterocycles. The number of hydrogen-bond acceptors (Lipinski definition) is 5. The molecule has 3 N–H and O–H groups in total. The summed E-state index contributed by atoms with van der Waals surface area (Å²) in [5.74, 6) is -1.28. The summed E-state index contributed by atoms with van der Waals surface area (Å²) in [6, 6.07) is -0.936. The molecule has 0 aromatic carbocycles. The molecular formula is C12H15F3N4O2S. The van der Waals surface area contributed by atoms with Gasteiger partial charge in [-0.3, -0.25) is 9.59 Å². The molecule has 1 fully saturated rings. The summed E-state index contributed by atoms with van der Waals surface area (Å²) in [5, 5.41) is 4.66. The van der Waals surface area contributed by atoms with Gasteiger partial charge in [0.05, 0.1) is 5.01 Å². The lowest BCUT2D eigenvalue weighted by atomic mass is 10.2. The average molecular weight is 336 g/mol. The number of alkyl halides is 3. The van der Waals surface area contributed by atoms with Crippen LogP contribution in [0.25, 0.3) is 0 Å². The van der Waals surface area contributed by atoms with Crippen LogP contribution < -0.4 is 11.1 Å². The lowest BCUT2D eigenvalue weighted by Gasteiger charge is -2.18. The van der Waals surface area contributed by atoms with Gasteiger partial charge in [-0.2, -0.15) is 13.2 Å². The van der Waals surface area contributed by atoms with Crippen LogP contribution in [-0.2, 0) is 11.2 Å². The quantitative estimate of drug-likeness (QED) is 0.821. The molecule has 10 heteroatoms. The molecule has 6 nitrogen and oxygen atoms in total. The predicted octanol–water partition coefficient (Wildman–Crippen LogP) is 0.537. The molecule has 1 aliphatic heterocycles. The van der Waals surface area contributed by atoms with Gasteiger partial charge in [0.2, 0.25) is 5.91 Å². The third-order valence-corrected chi connectivity index (χ3v) is 4.02. The fourth-order valence-corrected chi connectivity index (χ4v) is 2.93. The number of nitrogens with zero attached hydrogens (tertiary/aromatic N) is 2. The number of hydrogen-bond donors (Lipinski definition) is 2. The molecule has 0 aliphatic carbocycles. The number of nitrogens with one attached hydrogen (secondary N) is 1. The number of halogens is 3. The van der Waals surface area contributed by atoms with Gasteiger partial charge in [0, 0.05) is 18.3 Å². The first kappa shape index (κ1) is 16.7. The second-order valence-electron chi connectivity index (χ2n) is 4.85. The Kier molecular flexibility index (Phi) is 5.01. The Morgan fingerprint density at radius 3 is 2.91 bits per heavy atom. The number of carbonyl (C=O) groups excluding carboxylic acids is 2. The number of rotatable bonds is 5. The molecule has 0 spiro atoms. The van der Waals surface area contributed by atoms with Crippen molar-refractivity contribution in [2.45, 2.75) is 25.1 Å². The summed E-state index contributed by atoms with van der Waals surface area (Å²) in [6.07, 6.45) is -3.75. The third kappa shape index (κ3) is 4.17. The Morgan fingerprint density at radius 1 is 1.55 bits per heavy atom. The van der Waals surface area contributed by atoms with E-state index in [1.165, 1.54) is 16.7 Å². The number of carbonyl (C=O) groups is 2. The first-order valence-electron chi connectivity index (χ1n) is 6.61. The lowest BCUT2D eigenvalue weighted by Crippen LogP contribution is -2.43. The molecule has 0 saturated carbocycles. The van der Waals surface area contributed by atoms with E-state index in [2.05, 4.69) is 10.3 Å². The molecule has 1 aliphatic rings. The van der Waals surface area contributed by atoms with Crippen molar-refractivity contribution in [2.75, 3.05) is 19.6 Å². The normalized spacial score (nSPS) is 18.8. The maximum absolute atomic E-state index is 12.3. The number of amides is 2. The molecule has 1 aromatic rings. The summed E-state index contributed by atoms with van der Waals surface area (Å²) in [6.45, 7) is -0.920. The van der Waals surface area contributed by atoms with E-state index >= 15 is 0 Å². The molecule has 1 atom stereocenters. The zero-order chi connectivity index (χ0) is 16.3. The van der Waals surface area contributed by atoms with Crippen LogP contribution in [0.5, 0.6) is 0 Å². The first-order chi connectivity index (χ1) is 10.3. The van der Waals surface area contributed by atoms with Crippen molar-refractivity contribution in [2.24, 2.45) is 5.73 Å². The number of thiazole rings is 1. The fraction of sp³-hybridized carbons (Fsp3) is 0.583. The highest BCUT2D eigenvalue weighted by Gasteiger charge is 2.39. The smallest absolute Gasteiger partial charge is 0.339 e. The predicted molar refractivity (Wildman–Crippen MR) is 73.4 cm³/mol. The minimum absolute atomic E-state index is 0.0290. The van der Waals surface area contributed by atoms with Crippen LogP contribution in [0, 0.1) is 0 Å². The zero-order valence-electron chi connectivity index (χ0n) is 11.5. The molecule has 0 radical (unpaired) electrons. The van der Waals surface area contributed by atoms with Crippen molar-refractivity contribution in [1.82, 2.24) is 15.2 Å². The van der Waals surface area contributed by atoms with E-state index in [0.717, 1.165) is 0 Å². The Bertz CT molecular complexity index is 561. The Morgan fingerprint density at radius 2 is 2.27 bits per heavy atom. The van der Waals surface area contributed by atoms with Crippen LogP contribution in [-0.4, -0.2) is 53.6 Å². The van der Waals surface area contributed by atoms with E-state index in [-0.39, 0.29) is 18.7 Å². The topological polar surface area (TPSA) is 88.3 Å². The number of nitrogens with two attached hydrogens (primary N) is 1. The van der Waals surface area contributed by atoms with Gasteiger partial charge in [0.1, 0.15) is 18.3 Å². The standard InChI is InChI=1S/C12H15F3N4O2S/c13-12(14,15)6-19-4-2-7(11(19)21)18-10(20)8-5-22-9(17-8)1-3-16/h5,7H,1-4,6,16H2,(H,18,20). The van der Waals surface area contributed by atoms with Crippen molar-refractivity contribution in [3.8, 4) is 0 Å². The van der Waals surface area contributed by atoms with Gasteiger partial charge in [-0.05, 0) is 13.0 Å². The summed E-state index contributed by atoms with van der Waals surface area (Å²) < 4.78 is 36.9. The van der Waals surface area contributed by atoms with E-state index in [9.17, 15) is 22.8 Å². The van der Waals surface area contributed by atoms with Crippen LogP contribution in [0.1, 0.15) is 21.9 Å². The van der Waals surface area contributed by atoms with Crippen molar-refractivity contribution in [1.29, 1.82) is 0 Å². The highest BCUT2D eigenvalue weighted by Crippen LogP contribution is 2.21. The van der Waals surface area contributed by atoms with Gasteiger partial charge in [0.25, 0.3) is 5.91 Å². The SMILES string of the molecule is NCCc1nc(C(=O)NC2CCN(CC(F)(F)F)C2=O)cs1.